The van der Waals surface area contributed by atoms with Gasteiger partial charge in [0.15, 0.2) is 11.5 Å². The molecule has 0 spiro atoms. The number of ether oxygens (including phenoxy) is 1. The third-order valence-corrected chi connectivity index (χ3v) is 2.06. The molecule has 86 valence electrons. The molecular formula is C13H17NO2. The fraction of sp³-hybridized carbons (Fsp3) is 0.385. The number of hydrogen-bond donors (Lipinski definition) is 0. The highest BCUT2D eigenvalue weighted by Crippen LogP contribution is 2.10. The van der Waals surface area contributed by atoms with E-state index in [4.69, 9.17) is 4.74 Å². The van der Waals surface area contributed by atoms with E-state index >= 15 is 0 Å². The van der Waals surface area contributed by atoms with Gasteiger partial charge in [-0.05, 0) is 37.1 Å². The number of Topliss-reactive ketones (excluding diaryl/α,β-unsaturated/α-hetero) is 1. The van der Waals surface area contributed by atoms with E-state index in [1.54, 1.807) is 18.5 Å². The van der Waals surface area contributed by atoms with Crippen LogP contribution in [0, 0.1) is 0 Å². The van der Waals surface area contributed by atoms with E-state index in [-0.39, 0.29) is 5.78 Å². The first kappa shape index (κ1) is 12.4. The van der Waals surface area contributed by atoms with Gasteiger partial charge in [-0.3, -0.25) is 9.78 Å². The molecule has 0 unspecified atom stereocenters. The van der Waals surface area contributed by atoms with Crippen molar-refractivity contribution in [2.75, 3.05) is 6.61 Å². The van der Waals surface area contributed by atoms with Crippen LogP contribution < -0.4 is 0 Å². The topological polar surface area (TPSA) is 39.2 Å². The molecule has 0 amide bonds. The SMILES string of the molecule is CCCC(=O)/C(=C\c1ccncc1)OCC. The Morgan fingerprint density at radius 3 is 2.62 bits per heavy atom. The molecule has 16 heavy (non-hydrogen) atoms. The zero-order valence-corrected chi connectivity index (χ0v) is 9.77. The lowest BCUT2D eigenvalue weighted by molar-refractivity contribution is -0.118. The standard InChI is InChI=1S/C13H17NO2/c1-3-5-12(15)13(16-4-2)10-11-6-8-14-9-7-11/h6-10H,3-5H2,1-2H3/b13-10+. The number of allylic oxidation sites excluding steroid dienone is 1. The van der Waals surface area contributed by atoms with Crippen LogP contribution in [0.5, 0.6) is 0 Å². The first-order valence-electron chi connectivity index (χ1n) is 5.55. The summed E-state index contributed by atoms with van der Waals surface area (Å²) in [7, 11) is 0. The maximum absolute atomic E-state index is 11.7. The molecule has 0 aliphatic rings. The Morgan fingerprint density at radius 1 is 1.38 bits per heavy atom. The third-order valence-electron chi connectivity index (χ3n) is 2.06. The summed E-state index contributed by atoms with van der Waals surface area (Å²) >= 11 is 0. The van der Waals surface area contributed by atoms with Gasteiger partial charge < -0.3 is 4.74 Å². The minimum absolute atomic E-state index is 0.0566. The number of hydrogen-bond acceptors (Lipinski definition) is 3. The summed E-state index contributed by atoms with van der Waals surface area (Å²) in [6.07, 6.45) is 6.51. The van der Waals surface area contributed by atoms with Crippen LogP contribution in [0.25, 0.3) is 6.08 Å². The minimum atomic E-state index is 0.0566. The second-order valence-corrected chi connectivity index (χ2v) is 3.40. The predicted octanol–water partition coefficient (Wildman–Crippen LogP) is 2.83. The Hall–Kier alpha value is -1.64. The molecule has 0 radical (unpaired) electrons. The van der Waals surface area contributed by atoms with E-state index in [1.165, 1.54) is 0 Å². The molecule has 1 aromatic heterocycles. The molecule has 0 aromatic carbocycles. The smallest absolute Gasteiger partial charge is 0.197 e. The maximum Gasteiger partial charge on any atom is 0.197 e. The molecule has 0 N–H and O–H groups in total. The third kappa shape index (κ3) is 3.85. The second-order valence-electron chi connectivity index (χ2n) is 3.40. The first-order chi connectivity index (χ1) is 7.77. The quantitative estimate of drug-likeness (QED) is 0.545. The Morgan fingerprint density at radius 2 is 2.06 bits per heavy atom. The van der Waals surface area contributed by atoms with Gasteiger partial charge in [-0.2, -0.15) is 0 Å². The van der Waals surface area contributed by atoms with Crippen molar-refractivity contribution in [3.05, 3.63) is 35.8 Å². The number of carbonyl (C=O) groups excluding carboxylic acids is 1. The lowest BCUT2D eigenvalue weighted by atomic mass is 10.1. The van der Waals surface area contributed by atoms with Crippen LogP contribution in [0.1, 0.15) is 32.3 Å². The van der Waals surface area contributed by atoms with Gasteiger partial charge >= 0.3 is 0 Å². The van der Waals surface area contributed by atoms with Crippen molar-refractivity contribution in [1.82, 2.24) is 4.98 Å². The molecule has 3 heteroatoms. The van der Waals surface area contributed by atoms with Gasteiger partial charge in [0.2, 0.25) is 0 Å². The van der Waals surface area contributed by atoms with Crippen LogP contribution in [0.4, 0.5) is 0 Å². The van der Waals surface area contributed by atoms with Crippen molar-refractivity contribution in [1.29, 1.82) is 0 Å². The molecular weight excluding hydrogens is 202 g/mol. The highest BCUT2D eigenvalue weighted by Gasteiger charge is 2.09. The van der Waals surface area contributed by atoms with Gasteiger partial charge in [0.05, 0.1) is 6.61 Å². The van der Waals surface area contributed by atoms with Gasteiger partial charge in [-0.1, -0.05) is 6.92 Å². The normalized spacial score (nSPS) is 11.2. The van der Waals surface area contributed by atoms with Crippen molar-refractivity contribution < 1.29 is 9.53 Å². The molecule has 0 atom stereocenters. The number of nitrogens with zero attached hydrogens (tertiary/aromatic N) is 1. The largest absolute Gasteiger partial charge is 0.490 e. The van der Waals surface area contributed by atoms with Gasteiger partial charge in [0, 0.05) is 18.8 Å². The second kappa shape index (κ2) is 6.77. The monoisotopic (exact) mass is 219 g/mol. The highest BCUT2D eigenvalue weighted by molar-refractivity contribution is 5.97. The van der Waals surface area contributed by atoms with Gasteiger partial charge in [-0.25, -0.2) is 0 Å². The highest BCUT2D eigenvalue weighted by atomic mass is 16.5. The van der Waals surface area contributed by atoms with Crippen molar-refractivity contribution in [3.8, 4) is 0 Å². The number of rotatable bonds is 6. The lowest BCUT2D eigenvalue weighted by Gasteiger charge is -2.06. The Labute approximate surface area is 96.2 Å². The molecule has 0 fully saturated rings. The van der Waals surface area contributed by atoms with Gasteiger partial charge in [-0.15, -0.1) is 0 Å². The van der Waals surface area contributed by atoms with Gasteiger partial charge in [0.1, 0.15) is 0 Å². The maximum atomic E-state index is 11.7. The van der Waals surface area contributed by atoms with Crippen LogP contribution in [-0.4, -0.2) is 17.4 Å². The van der Waals surface area contributed by atoms with Crippen LogP contribution in [0.15, 0.2) is 30.3 Å². The molecule has 1 rings (SSSR count). The van der Waals surface area contributed by atoms with E-state index in [0.29, 0.717) is 18.8 Å². The van der Waals surface area contributed by atoms with E-state index in [9.17, 15) is 4.79 Å². The molecule has 0 aliphatic heterocycles. The average molecular weight is 219 g/mol. The van der Waals surface area contributed by atoms with Gasteiger partial charge in [0.25, 0.3) is 0 Å². The molecule has 0 saturated carbocycles. The van der Waals surface area contributed by atoms with E-state index in [0.717, 1.165) is 12.0 Å². The van der Waals surface area contributed by atoms with E-state index in [2.05, 4.69) is 4.98 Å². The summed E-state index contributed by atoms with van der Waals surface area (Å²) in [5.74, 6) is 0.497. The molecule has 3 nitrogen and oxygen atoms in total. The molecule has 1 heterocycles. The summed E-state index contributed by atoms with van der Waals surface area (Å²) in [5, 5.41) is 0. The van der Waals surface area contributed by atoms with Crippen LogP contribution >= 0.6 is 0 Å². The molecule has 0 aliphatic carbocycles. The number of ketones is 1. The minimum Gasteiger partial charge on any atom is -0.490 e. The van der Waals surface area contributed by atoms with Crippen molar-refractivity contribution in [2.45, 2.75) is 26.7 Å². The Kier molecular flexibility index (Phi) is 5.26. The number of aromatic nitrogens is 1. The summed E-state index contributed by atoms with van der Waals surface area (Å²) in [6.45, 7) is 4.36. The fourth-order valence-corrected chi connectivity index (χ4v) is 1.32. The van der Waals surface area contributed by atoms with Crippen LogP contribution in [-0.2, 0) is 9.53 Å². The zero-order valence-electron chi connectivity index (χ0n) is 9.77. The summed E-state index contributed by atoms with van der Waals surface area (Å²) in [6, 6.07) is 3.69. The summed E-state index contributed by atoms with van der Waals surface area (Å²) < 4.78 is 5.35. The van der Waals surface area contributed by atoms with Crippen molar-refractivity contribution in [3.63, 3.8) is 0 Å². The molecule has 0 saturated heterocycles. The van der Waals surface area contributed by atoms with E-state index < -0.39 is 0 Å². The van der Waals surface area contributed by atoms with Crippen molar-refractivity contribution in [2.24, 2.45) is 0 Å². The van der Waals surface area contributed by atoms with E-state index in [1.807, 2.05) is 26.0 Å². The number of pyridine rings is 1. The zero-order chi connectivity index (χ0) is 11.8. The van der Waals surface area contributed by atoms with Crippen LogP contribution in [0.3, 0.4) is 0 Å². The van der Waals surface area contributed by atoms with Crippen LogP contribution in [0.2, 0.25) is 0 Å². The Bertz CT molecular complexity index is 357. The first-order valence-corrected chi connectivity index (χ1v) is 5.55. The average Bonchev–Trinajstić information content (AvgIpc) is 2.30. The molecule has 0 bridgehead atoms. The number of carbonyl (C=O) groups is 1. The Balaban J connectivity index is 2.84. The summed E-state index contributed by atoms with van der Waals surface area (Å²) in [4.78, 5) is 15.7. The summed E-state index contributed by atoms with van der Waals surface area (Å²) in [5.41, 5.74) is 0.933. The lowest BCUT2D eigenvalue weighted by Crippen LogP contribution is -2.05. The fourth-order valence-electron chi connectivity index (χ4n) is 1.32. The van der Waals surface area contributed by atoms with Crippen molar-refractivity contribution >= 4 is 11.9 Å². The predicted molar refractivity (Wildman–Crippen MR) is 63.8 cm³/mol. The molecule has 1 aromatic rings.